The number of rotatable bonds is 5. The van der Waals surface area contributed by atoms with Crippen molar-refractivity contribution < 1.29 is 4.79 Å². The molecule has 2 fully saturated rings. The van der Waals surface area contributed by atoms with Gasteiger partial charge in [-0.05, 0) is 56.3 Å². The first-order valence-electron chi connectivity index (χ1n) is 9.35. The third-order valence-electron chi connectivity index (χ3n) is 5.50. The molecular weight excluding hydrogens is 284 g/mol. The van der Waals surface area contributed by atoms with Crippen molar-refractivity contribution >= 4 is 5.91 Å². The van der Waals surface area contributed by atoms with Crippen LogP contribution in [0.15, 0.2) is 24.3 Å². The van der Waals surface area contributed by atoms with Crippen LogP contribution in [0.4, 0.5) is 0 Å². The molecule has 3 rings (SSSR count). The minimum atomic E-state index is 0.231. The Kier molecular flexibility index (Phi) is 5.71. The summed E-state index contributed by atoms with van der Waals surface area (Å²) in [4.78, 5) is 14.8. The van der Waals surface area contributed by atoms with Crippen LogP contribution in [0, 0.1) is 5.92 Å². The summed E-state index contributed by atoms with van der Waals surface area (Å²) in [6, 6.07) is 9.42. The maximum absolute atomic E-state index is 12.4. The highest BCUT2D eigenvalue weighted by molar-refractivity contribution is 5.79. The fourth-order valence-electron chi connectivity index (χ4n) is 3.88. The number of benzene rings is 1. The van der Waals surface area contributed by atoms with Crippen molar-refractivity contribution in [3.05, 3.63) is 35.4 Å². The molecule has 1 aliphatic carbocycles. The van der Waals surface area contributed by atoms with Gasteiger partial charge in [-0.25, -0.2) is 0 Å². The molecule has 1 N–H and O–H groups in total. The van der Waals surface area contributed by atoms with Crippen LogP contribution in [0.3, 0.4) is 0 Å². The first-order valence-corrected chi connectivity index (χ1v) is 9.35. The molecule has 0 aromatic heterocycles. The van der Waals surface area contributed by atoms with Gasteiger partial charge < -0.3 is 5.32 Å². The van der Waals surface area contributed by atoms with Crippen molar-refractivity contribution in [1.82, 2.24) is 10.2 Å². The summed E-state index contributed by atoms with van der Waals surface area (Å²) in [7, 11) is 0. The second-order valence-corrected chi connectivity index (χ2v) is 7.21. The minimum Gasteiger partial charge on any atom is -0.353 e. The van der Waals surface area contributed by atoms with Crippen LogP contribution in [0.1, 0.15) is 56.6 Å². The molecule has 0 atom stereocenters. The molecule has 1 amide bonds. The summed E-state index contributed by atoms with van der Waals surface area (Å²) in [6.45, 7) is 5.29. The molecule has 1 heterocycles. The van der Waals surface area contributed by atoms with Crippen molar-refractivity contribution in [2.24, 2.45) is 5.92 Å². The van der Waals surface area contributed by atoms with Gasteiger partial charge >= 0.3 is 0 Å². The molecule has 1 saturated heterocycles. The number of carbonyl (C=O) groups excluding carboxylic acids is 1. The van der Waals surface area contributed by atoms with Crippen molar-refractivity contribution in [3.63, 3.8) is 0 Å². The van der Waals surface area contributed by atoms with Crippen LogP contribution < -0.4 is 5.32 Å². The van der Waals surface area contributed by atoms with Crippen LogP contribution in [0.2, 0.25) is 0 Å². The Morgan fingerprint density at radius 1 is 1.04 bits per heavy atom. The summed E-state index contributed by atoms with van der Waals surface area (Å²) >= 11 is 0. The van der Waals surface area contributed by atoms with Gasteiger partial charge in [0.25, 0.3) is 0 Å². The van der Waals surface area contributed by atoms with Crippen molar-refractivity contribution in [2.75, 3.05) is 13.1 Å². The first kappa shape index (κ1) is 16.5. The van der Waals surface area contributed by atoms with Gasteiger partial charge in [-0.1, -0.05) is 44.0 Å². The Morgan fingerprint density at radius 3 is 2.26 bits per heavy atom. The molecule has 126 valence electrons. The highest BCUT2D eigenvalue weighted by Crippen LogP contribution is 2.22. The van der Waals surface area contributed by atoms with E-state index in [4.69, 9.17) is 0 Å². The molecule has 1 saturated carbocycles. The highest BCUT2D eigenvalue weighted by atomic mass is 16.1. The van der Waals surface area contributed by atoms with Gasteiger partial charge in [0.15, 0.2) is 0 Å². The predicted octanol–water partition coefficient (Wildman–Crippen LogP) is 3.52. The summed E-state index contributed by atoms with van der Waals surface area (Å²) in [5.41, 5.74) is 2.78. The van der Waals surface area contributed by atoms with Crippen LogP contribution in [0.5, 0.6) is 0 Å². The van der Waals surface area contributed by atoms with E-state index in [0.29, 0.717) is 11.9 Å². The number of amides is 1. The van der Waals surface area contributed by atoms with E-state index in [-0.39, 0.29) is 5.92 Å². The van der Waals surface area contributed by atoms with Gasteiger partial charge in [-0.3, -0.25) is 9.69 Å². The molecule has 3 heteroatoms. The van der Waals surface area contributed by atoms with Crippen molar-refractivity contribution in [3.8, 4) is 0 Å². The predicted molar refractivity (Wildman–Crippen MR) is 94.2 cm³/mol. The maximum atomic E-state index is 12.4. The van der Waals surface area contributed by atoms with Gasteiger partial charge in [0, 0.05) is 18.5 Å². The quantitative estimate of drug-likeness (QED) is 0.902. The zero-order valence-corrected chi connectivity index (χ0v) is 14.4. The number of carbonyl (C=O) groups is 1. The summed E-state index contributed by atoms with van der Waals surface area (Å²) in [5, 5.41) is 3.27. The smallest absolute Gasteiger partial charge is 0.223 e. The van der Waals surface area contributed by atoms with Gasteiger partial charge in [-0.15, -0.1) is 0 Å². The third kappa shape index (κ3) is 4.57. The van der Waals surface area contributed by atoms with E-state index in [2.05, 4.69) is 41.4 Å². The summed E-state index contributed by atoms with van der Waals surface area (Å²) < 4.78 is 0. The second-order valence-electron chi connectivity index (χ2n) is 7.21. The topological polar surface area (TPSA) is 32.3 Å². The lowest BCUT2D eigenvalue weighted by Gasteiger charge is -2.32. The third-order valence-corrected chi connectivity index (χ3v) is 5.50. The van der Waals surface area contributed by atoms with E-state index in [1.165, 1.54) is 36.8 Å². The Hall–Kier alpha value is -1.35. The largest absolute Gasteiger partial charge is 0.353 e. The van der Waals surface area contributed by atoms with E-state index in [1.54, 1.807) is 0 Å². The minimum absolute atomic E-state index is 0.231. The molecule has 3 nitrogen and oxygen atoms in total. The summed E-state index contributed by atoms with van der Waals surface area (Å²) in [6.07, 6.45) is 8.02. The molecule has 0 bridgehead atoms. The Morgan fingerprint density at radius 2 is 1.65 bits per heavy atom. The van der Waals surface area contributed by atoms with Gasteiger partial charge in [0.2, 0.25) is 5.91 Å². The number of hydrogen-bond donors (Lipinski definition) is 1. The van der Waals surface area contributed by atoms with Crippen LogP contribution >= 0.6 is 0 Å². The van der Waals surface area contributed by atoms with Crippen molar-refractivity contribution in [2.45, 2.75) is 64.5 Å². The monoisotopic (exact) mass is 314 g/mol. The lowest BCUT2D eigenvalue weighted by Crippen LogP contribution is -2.42. The standard InChI is InChI=1S/C20H30N2O/c1-2-16-7-9-17(10-8-16)15-22-13-11-18(12-14-22)20(23)21-19-5-3-4-6-19/h7-10,18-19H,2-6,11-15H2,1H3,(H,21,23). The molecule has 0 spiro atoms. The summed E-state index contributed by atoms with van der Waals surface area (Å²) in [5.74, 6) is 0.540. The second kappa shape index (κ2) is 7.96. The van der Waals surface area contributed by atoms with Crippen LogP contribution in [-0.2, 0) is 17.8 Å². The van der Waals surface area contributed by atoms with Gasteiger partial charge in [-0.2, -0.15) is 0 Å². The molecule has 1 aromatic carbocycles. The normalized spacial score (nSPS) is 20.7. The van der Waals surface area contributed by atoms with E-state index in [0.717, 1.165) is 38.9 Å². The fourth-order valence-corrected chi connectivity index (χ4v) is 3.88. The lowest BCUT2D eigenvalue weighted by molar-refractivity contribution is -0.127. The Balaban J connectivity index is 1.43. The molecule has 1 aliphatic heterocycles. The van der Waals surface area contributed by atoms with Crippen LogP contribution in [-0.4, -0.2) is 29.9 Å². The number of aryl methyl sites for hydroxylation is 1. The molecule has 23 heavy (non-hydrogen) atoms. The molecule has 1 aromatic rings. The van der Waals surface area contributed by atoms with E-state index < -0.39 is 0 Å². The molecular formula is C20H30N2O. The van der Waals surface area contributed by atoms with E-state index in [1.807, 2.05) is 0 Å². The average Bonchev–Trinajstić information content (AvgIpc) is 3.09. The first-order chi connectivity index (χ1) is 11.2. The molecule has 2 aliphatic rings. The Labute approximate surface area is 140 Å². The maximum Gasteiger partial charge on any atom is 0.223 e. The number of hydrogen-bond acceptors (Lipinski definition) is 2. The SMILES string of the molecule is CCc1ccc(CN2CCC(C(=O)NC3CCCC3)CC2)cc1. The molecule has 0 unspecified atom stereocenters. The molecule has 0 radical (unpaired) electrons. The average molecular weight is 314 g/mol. The lowest BCUT2D eigenvalue weighted by atomic mass is 9.95. The number of nitrogens with zero attached hydrogens (tertiary/aromatic N) is 1. The van der Waals surface area contributed by atoms with E-state index in [9.17, 15) is 4.79 Å². The van der Waals surface area contributed by atoms with Gasteiger partial charge in [0.1, 0.15) is 0 Å². The van der Waals surface area contributed by atoms with Gasteiger partial charge in [0.05, 0.1) is 0 Å². The zero-order valence-electron chi connectivity index (χ0n) is 14.4. The number of piperidine rings is 1. The Bertz CT molecular complexity index is 497. The number of likely N-dealkylation sites (tertiary alicyclic amines) is 1. The van der Waals surface area contributed by atoms with Crippen LogP contribution in [0.25, 0.3) is 0 Å². The van der Waals surface area contributed by atoms with Crippen molar-refractivity contribution in [1.29, 1.82) is 0 Å². The number of nitrogens with one attached hydrogen (secondary N) is 1. The van der Waals surface area contributed by atoms with E-state index >= 15 is 0 Å². The zero-order chi connectivity index (χ0) is 16.1. The fraction of sp³-hybridized carbons (Fsp3) is 0.650. The highest BCUT2D eigenvalue weighted by Gasteiger charge is 2.27.